The summed E-state index contributed by atoms with van der Waals surface area (Å²) in [6.07, 6.45) is 2.08. The summed E-state index contributed by atoms with van der Waals surface area (Å²) in [7, 11) is 3.22. The zero-order valence-electron chi connectivity index (χ0n) is 14.1. The number of hydrogen-bond acceptors (Lipinski definition) is 5. The van der Waals surface area contributed by atoms with Crippen molar-refractivity contribution in [1.29, 1.82) is 0 Å². The molecule has 1 aromatic carbocycles. The molecule has 8 nitrogen and oxygen atoms in total. The van der Waals surface area contributed by atoms with Crippen molar-refractivity contribution in [2.75, 3.05) is 20.3 Å². The van der Waals surface area contributed by atoms with Crippen LogP contribution < -0.4 is 10.9 Å². The topological polar surface area (TPSA) is 91.0 Å². The van der Waals surface area contributed by atoms with Gasteiger partial charge in [-0.15, -0.1) is 0 Å². The number of amides is 1. The van der Waals surface area contributed by atoms with E-state index in [-0.39, 0.29) is 28.2 Å². The summed E-state index contributed by atoms with van der Waals surface area (Å²) in [4.78, 5) is 29.3. The maximum absolute atomic E-state index is 12.6. The van der Waals surface area contributed by atoms with Crippen LogP contribution in [0.1, 0.15) is 16.9 Å². The molecule has 0 aliphatic carbocycles. The van der Waals surface area contributed by atoms with E-state index >= 15 is 0 Å². The van der Waals surface area contributed by atoms with Gasteiger partial charge < -0.3 is 14.6 Å². The zero-order valence-corrected chi connectivity index (χ0v) is 14.1. The molecule has 0 spiro atoms. The molecule has 1 amide bonds. The van der Waals surface area contributed by atoms with Gasteiger partial charge in [0, 0.05) is 27.3 Å². The number of methoxy groups -OCH3 is 1. The van der Waals surface area contributed by atoms with E-state index in [0.717, 1.165) is 0 Å². The maximum atomic E-state index is 12.6. The van der Waals surface area contributed by atoms with Gasteiger partial charge in [-0.2, -0.15) is 5.10 Å². The number of carbonyl (C=O) groups excluding carboxylic acids is 1. The number of nitrogens with zero attached hydrogens (tertiary/aromatic N) is 4. The van der Waals surface area contributed by atoms with Gasteiger partial charge in [-0.3, -0.25) is 9.59 Å². The van der Waals surface area contributed by atoms with Crippen LogP contribution in [0.3, 0.4) is 0 Å². The molecule has 0 saturated carbocycles. The Labute approximate surface area is 144 Å². The molecular formula is C17H19N5O3. The minimum Gasteiger partial charge on any atom is -0.385 e. The Balaban J connectivity index is 2.07. The number of aromatic nitrogens is 4. The number of para-hydroxylation sites is 1. The molecule has 130 valence electrons. The second-order valence-corrected chi connectivity index (χ2v) is 5.56. The summed E-state index contributed by atoms with van der Waals surface area (Å²) in [6, 6.07) is 9.19. The van der Waals surface area contributed by atoms with Gasteiger partial charge in [0.15, 0.2) is 11.2 Å². The molecule has 1 N–H and O–H groups in total. The van der Waals surface area contributed by atoms with Crippen LogP contribution in [-0.4, -0.2) is 45.5 Å². The van der Waals surface area contributed by atoms with Gasteiger partial charge in [0.05, 0.1) is 12.0 Å². The first-order valence-corrected chi connectivity index (χ1v) is 7.90. The first-order valence-electron chi connectivity index (χ1n) is 7.90. The normalized spacial score (nSPS) is 11.0. The summed E-state index contributed by atoms with van der Waals surface area (Å²) in [5.41, 5.74) is 1.12. The second kappa shape index (κ2) is 7.27. The molecular weight excluding hydrogens is 322 g/mol. The highest BCUT2D eigenvalue weighted by Gasteiger charge is 2.21. The molecule has 0 aliphatic heterocycles. The number of fused-ring (bicyclic) bond motifs is 1. The van der Waals surface area contributed by atoms with E-state index in [1.165, 1.54) is 15.6 Å². The lowest BCUT2D eigenvalue weighted by Gasteiger charge is -2.03. The number of ether oxygens (including phenoxy) is 1. The van der Waals surface area contributed by atoms with E-state index in [2.05, 4.69) is 15.4 Å². The first kappa shape index (κ1) is 16.8. The van der Waals surface area contributed by atoms with Crippen molar-refractivity contribution < 1.29 is 9.53 Å². The molecule has 3 aromatic rings. The maximum Gasteiger partial charge on any atom is 0.279 e. The number of nitrogens with one attached hydrogen (secondary N) is 1. The SMILES string of the molecule is COCCCNC(=O)c1nn(-c2ccccc2)c2c(=O)n(C)cnc12. The van der Waals surface area contributed by atoms with Gasteiger partial charge in [0.25, 0.3) is 11.5 Å². The van der Waals surface area contributed by atoms with Gasteiger partial charge in [-0.05, 0) is 18.6 Å². The molecule has 0 radical (unpaired) electrons. The molecule has 0 bridgehead atoms. The molecule has 25 heavy (non-hydrogen) atoms. The Hall–Kier alpha value is -3.00. The monoisotopic (exact) mass is 341 g/mol. The fraction of sp³-hybridized carbons (Fsp3) is 0.294. The van der Waals surface area contributed by atoms with Crippen LogP contribution in [0.5, 0.6) is 0 Å². The van der Waals surface area contributed by atoms with Gasteiger partial charge in [-0.25, -0.2) is 9.67 Å². The second-order valence-electron chi connectivity index (χ2n) is 5.56. The minimum absolute atomic E-state index is 0.133. The smallest absolute Gasteiger partial charge is 0.279 e. The number of hydrogen-bond donors (Lipinski definition) is 1. The van der Waals surface area contributed by atoms with Crippen LogP contribution in [0.2, 0.25) is 0 Å². The predicted molar refractivity (Wildman–Crippen MR) is 92.9 cm³/mol. The molecule has 0 fully saturated rings. The fourth-order valence-corrected chi connectivity index (χ4v) is 2.50. The van der Waals surface area contributed by atoms with Crippen molar-refractivity contribution in [3.8, 4) is 5.69 Å². The van der Waals surface area contributed by atoms with Crippen molar-refractivity contribution in [3.63, 3.8) is 0 Å². The highest BCUT2D eigenvalue weighted by Crippen LogP contribution is 2.17. The highest BCUT2D eigenvalue weighted by molar-refractivity contribution is 6.03. The Morgan fingerprint density at radius 1 is 1.28 bits per heavy atom. The summed E-state index contributed by atoms with van der Waals surface area (Å²) >= 11 is 0. The Morgan fingerprint density at radius 2 is 2.04 bits per heavy atom. The number of aryl methyl sites for hydroxylation is 1. The quantitative estimate of drug-likeness (QED) is 0.672. The third-order valence-electron chi connectivity index (χ3n) is 3.77. The average Bonchev–Trinajstić information content (AvgIpc) is 3.03. The van der Waals surface area contributed by atoms with Crippen LogP contribution in [0.4, 0.5) is 0 Å². The van der Waals surface area contributed by atoms with Crippen molar-refractivity contribution >= 4 is 16.9 Å². The van der Waals surface area contributed by atoms with Crippen LogP contribution in [0.25, 0.3) is 16.7 Å². The lowest BCUT2D eigenvalue weighted by molar-refractivity contribution is 0.0944. The Bertz CT molecular complexity index is 946. The largest absolute Gasteiger partial charge is 0.385 e. The number of rotatable bonds is 6. The van der Waals surface area contributed by atoms with E-state index < -0.39 is 0 Å². The molecule has 8 heteroatoms. The molecule has 0 saturated heterocycles. The Kier molecular flexibility index (Phi) is 4.90. The summed E-state index contributed by atoms with van der Waals surface area (Å²) < 4.78 is 7.79. The van der Waals surface area contributed by atoms with Crippen molar-refractivity contribution in [2.24, 2.45) is 7.05 Å². The van der Waals surface area contributed by atoms with Crippen LogP contribution in [-0.2, 0) is 11.8 Å². The lowest BCUT2D eigenvalue weighted by atomic mass is 10.3. The van der Waals surface area contributed by atoms with Gasteiger partial charge in [0.1, 0.15) is 5.52 Å². The molecule has 0 aliphatic rings. The van der Waals surface area contributed by atoms with Crippen molar-refractivity contribution in [1.82, 2.24) is 24.6 Å². The molecule has 2 heterocycles. The van der Waals surface area contributed by atoms with E-state index in [1.54, 1.807) is 14.2 Å². The standard InChI is InChI=1S/C17H19N5O3/c1-21-11-19-13-14(16(23)18-9-6-10-25-2)20-22(15(13)17(21)24)12-7-4-3-5-8-12/h3-5,7-8,11H,6,9-10H2,1-2H3,(H,18,23). The van der Waals surface area contributed by atoms with E-state index in [9.17, 15) is 9.59 Å². The number of benzene rings is 1. The third kappa shape index (κ3) is 3.29. The van der Waals surface area contributed by atoms with Crippen LogP contribution >= 0.6 is 0 Å². The fourth-order valence-electron chi connectivity index (χ4n) is 2.50. The average molecular weight is 341 g/mol. The Morgan fingerprint density at radius 3 is 2.76 bits per heavy atom. The van der Waals surface area contributed by atoms with Gasteiger partial charge in [0.2, 0.25) is 0 Å². The third-order valence-corrected chi connectivity index (χ3v) is 3.77. The summed E-state index contributed by atoms with van der Waals surface area (Å²) in [5, 5.41) is 7.14. The van der Waals surface area contributed by atoms with E-state index in [0.29, 0.717) is 25.3 Å². The minimum atomic E-state index is -0.364. The lowest BCUT2D eigenvalue weighted by Crippen LogP contribution is -2.26. The highest BCUT2D eigenvalue weighted by atomic mass is 16.5. The molecule has 0 atom stereocenters. The molecule has 2 aromatic heterocycles. The molecule has 0 unspecified atom stereocenters. The summed E-state index contributed by atoms with van der Waals surface area (Å²) in [6.45, 7) is 1.01. The van der Waals surface area contributed by atoms with Crippen molar-refractivity contribution in [3.05, 3.63) is 52.7 Å². The van der Waals surface area contributed by atoms with Crippen LogP contribution in [0.15, 0.2) is 41.5 Å². The van der Waals surface area contributed by atoms with Gasteiger partial charge >= 0.3 is 0 Å². The van der Waals surface area contributed by atoms with Gasteiger partial charge in [-0.1, -0.05) is 18.2 Å². The van der Waals surface area contributed by atoms with E-state index in [4.69, 9.17) is 4.74 Å². The zero-order chi connectivity index (χ0) is 17.8. The van der Waals surface area contributed by atoms with Crippen LogP contribution in [0, 0.1) is 0 Å². The van der Waals surface area contributed by atoms with Crippen molar-refractivity contribution in [2.45, 2.75) is 6.42 Å². The summed E-state index contributed by atoms with van der Waals surface area (Å²) in [5.74, 6) is -0.364. The predicted octanol–water partition coefficient (Wildman–Crippen LogP) is 0.885. The molecule has 3 rings (SSSR count). The first-order chi connectivity index (χ1) is 12.1. The number of carbonyl (C=O) groups is 1. The van der Waals surface area contributed by atoms with E-state index in [1.807, 2.05) is 30.3 Å².